The van der Waals surface area contributed by atoms with Gasteiger partial charge in [0.05, 0.1) is 19.7 Å². The number of carboxylic acid groups (broad SMARTS) is 1. The summed E-state index contributed by atoms with van der Waals surface area (Å²) in [6.07, 6.45) is 1.29. The van der Waals surface area contributed by atoms with Crippen LogP contribution in [-0.4, -0.2) is 40.7 Å². The highest BCUT2D eigenvalue weighted by Gasteiger charge is 2.32. The zero-order chi connectivity index (χ0) is 15.2. The summed E-state index contributed by atoms with van der Waals surface area (Å²) in [5, 5.41) is 18.5. The number of hydrogen-bond acceptors (Lipinski definition) is 6. The largest absolute Gasteiger partial charge is 0.497 e. The molecule has 2 N–H and O–H groups in total. The minimum Gasteiger partial charge on any atom is -0.497 e. The molecule has 1 aliphatic heterocycles. The molecule has 1 aliphatic rings. The first kappa shape index (κ1) is 15.0. The van der Waals surface area contributed by atoms with Crippen LogP contribution in [0.4, 0.5) is 0 Å². The Bertz CT molecular complexity index is 598. The molecule has 110 valence electrons. The van der Waals surface area contributed by atoms with Crippen molar-refractivity contribution < 1.29 is 19.4 Å². The van der Waals surface area contributed by atoms with Crippen LogP contribution in [0.25, 0.3) is 0 Å². The zero-order valence-electron chi connectivity index (χ0n) is 11.1. The smallest absolute Gasteiger partial charge is 0.305 e. The molecule has 1 fully saturated rings. The summed E-state index contributed by atoms with van der Waals surface area (Å²) in [6, 6.07) is 7.22. The van der Waals surface area contributed by atoms with Crippen molar-refractivity contribution in [1.82, 2.24) is 5.32 Å². The van der Waals surface area contributed by atoms with Crippen molar-refractivity contribution in [3.8, 4) is 5.75 Å². The Hall–Kier alpha value is -2.35. The predicted octanol–water partition coefficient (Wildman–Crippen LogP) is 1.09. The van der Waals surface area contributed by atoms with Gasteiger partial charge >= 0.3 is 5.97 Å². The number of carbonyl (C=O) groups is 2. The molecule has 1 aromatic carbocycles. The predicted molar refractivity (Wildman–Crippen MR) is 79.8 cm³/mol. The summed E-state index contributed by atoms with van der Waals surface area (Å²) in [7, 11) is 1.59. The molecule has 1 aromatic rings. The first-order chi connectivity index (χ1) is 10.1. The van der Waals surface area contributed by atoms with Crippen molar-refractivity contribution in [2.75, 3.05) is 7.11 Å². The summed E-state index contributed by atoms with van der Waals surface area (Å²) >= 11 is 1.06. The molecular formula is C13H13N3O4S. The molecule has 0 aromatic heterocycles. The molecule has 0 spiro atoms. The van der Waals surface area contributed by atoms with Crippen molar-refractivity contribution in [2.24, 2.45) is 10.2 Å². The Labute approximate surface area is 125 Å². The van der Waals surface area contributed by atoms with Crippen molar-refractivity contribution in [3.05, 3.63) is 29.8 Å². The average Bonchev–Trinajstić information content (AvgIpc) is 2.79. The maximum absolute atomic E-state index is 11.5. The van der Waals surface area contributed by atoms with Crippen LogP contribution in [0.1, 0.15) is 12.0 Å². The number of rotatable bonds is 5. The van der Waals surface area contributed by atoms with E-state index in [1.54, 1.807) is 19.2 Å². The van der Waals surface area contributed by atoms with Crippen LogP contribution < -0.4 is 10.1 Å². The number of carboxylic acids is 1. The molecule has 2 rings (SSSR count). The molecule has 7 nitrogen and oxygen atoms in total. The average molecular weight is 307 g/mol. The lowest BCUT2D eigenvalue weighted by atomic mass is 10.2. The van der Waals surface area contributed by atoms with Gasteiger partial charge in [-0.15, -0.1) is 5.10 Å². The lowest BCUT2D eigenvalue weighted by Gasteiger charge is -1.98. The second-order valence-corrected chi connectivity index (χ2v) is 5.31. The third kappa shape index (κ3) is 4.32. The zero-order valence-corrected chi connectivity index (χ0v) is 12.0. The standard InChI is InChI=1S/C13H13N3O4S/c1-20-9-4-2-8(3-5-9)7-14-16-13-15-12(19)10(21-13)6-11(17)18/h2-5,7,10H,6H2,1H3,(H,17,18)(H,15,16,19)/b14-7-. The molecule has 1 atom stereocenters. The lowest BCUT2D eigenvalue weighted by molar-refractivity contribution is -0.138. The monoisotopic (exact) mass is 307 g/mol. The third-order valence-corrected chi connectivity index (χ3v) is 3.68. The molecule has 8 heteroatoms. The van der Waals surface area contributed by atoms with Gasteiger partial charge in [0.1, 0.15) is 11.0 Å². The van der Waals surface area contributed by atoms with Crippen LogP contribution in [0.15, 0.2) is 34.5 Å². The summed E-state index contributed by atoms with van der Waals surface area (Å²) in [5.74, 6) is -0.639. The van der Waals surface area contributed by atoms with Crippen molar-refractivity contribution in [1.29, 1.82) is 0 Å². The maximum atomic E-state index is 11.5. The number of amidine groups is 1. The molecule has 1 unspecified atom stereocenters. The highest BCUT2D eigenvalue weighted by atomic mass is 32.2. The summed E-state index contributed by atoms with van der Waals surface area (Å²) in [5.41, 5.74) is 0.830. The fourth-order valence-electron chi connectivity index (χ4n) is 1.58. The molecule has 0 saturated carbocycles. The Morgan fingerprint density at radius 2 is 2.19 bits per heavy atom. The SMILES string of the molecule is COc1ccc(/C=N\N=C2/NC(=O)C(CC(=O)O)S2)cc1. The highest BCUT2D eigenvalue weighted by molar-refractivity contribution is 8.15. The normalized spacial score (nSPS) is 20.0. The number of aliphatic carboxylic acids is 1. The molecule has 1 heterocycles. The van der Waals surface area contributed by atoms with E-state index in [0.717, 1.165) is 23.1 Å². The van der Waals surface area contributed by atoms with Gasteiger partial charge in [-0.25, -0.2) is 0 Å². The van der Waals surface area contributed by atoms with E-state index in [0.29, 0.717) is 5.17 Å². The van der Waals surface area contributed by atoms with Gasteiger partial charge in [-0.1, -0.05) is 11.8 Å². The maximum Gasteiger partial charge on any atom is 0.305 e. The first-order valence-electron chi connectivity index (χ1n) is 6.03. The molecule has 21 heavy (non-hydrogen) atoms. The van der Waals surface area contributed by atoms with Gasteiger partial charge in [-0.3, -0.25) is 9.59 Å². The van der Waals surface area contributed by atoms with Crippen molar-refractivity contribution >= 4 is 35.0 Å². The van der Waals surface area contributed by atoms with Gasteiger partial charge in [0.25, 0.3) is 0 Å². The number of thioether (sulfide) groups is 1. The summed E-state index contributed by atoms with van der Waals surface area (Å²) in [4.78, 5) is 22.1. The fourth-order valence-corrected chi connectivity index (χ4v) is 2.50. The Balaban J connectivity index is 1.96. The van der Waals surface area contributed by atoms with E-state index in [2.05, 4.69) is 15.5 Å². The second kappa shape index (κ2) is 6.89. The number of nitrogens with one attached hydrogen (secondary N) is 1. The van der Waals surface area contributed by atoms with E-state index in [1.165, 1.54) is 6.21 Å². The molecule has 0 bridgehead atoms. The minimum absolute atomic E-state index is 0.238. The Morgan fingerprint density at radius 3 is 2.81 bits per heavy atom. The molecule has 0 radical (unpaired) electrons. The molecule has 1 saturated heterocycles. The van der Waals surface area contributed by atoms with Crippen LogP contribution >= 0.6 is 11.8 Å². The van der Waals surface area contributed by atoms with Crippen molar-refractivity contribution in [2.45, 2.75) is 11.7 Å². The quantitative estimate of drug-likeness (QED) is 0.626. The highest BCUT2D eigenvalue weighted by Crippen LogP contribution is 2.22. The fraction of sp³-hybridized carbons (Fsp3) is 0.231. The van der Waals surface area contributed by atoms with Gasteiger partial charge in [0, 0.05) is 0 Å². The van der Waals surface area contributed by atoms with Crippen LogP contribution in [0.2, 0.25) is 0 Å². The van der Waals surface area contributed by atoms with E-state index in [-0.39, 0.29) is 12.3 Å². The molecule has 0 aliphatic carbocycles. The summed E-state index contributed by atoms with van der Waals surface area (Å²) in [6.45, 7) is 0. The molecular weight excluding hydrogens is 294 g/mol. The van der Waals surface area contributed by atoms with E-state index in [9.17, 15) is 9.59 Å². The number of hydrogen-bond donors (Lipinski definition) is 2. The topological polar surface area (TPSA) is 100 Å². The van der Waals surface area contributed by atoms with Crippen LogP contribution in [-0.2, 0) is 9.59 Å². The van der Waals surface area contributed by atoms with E-state index in [1.807, 2.05) is 12.1 Å². The Kier molecular flexibility index (Phi) is 4.94. The van der Waals surface area contributed by atoms with E-state index < -0.39 is 11.2 Å². The first-order valence-corrected chi connectivity index (χ1v) is 6.91. The molecule has 1 amide bonds. The second-order valence-electron chi connectivity index (χ2n) is 4.12. The van der Waals surface area contributed by atoms with E-state index >= 15 is 0 Å². The van der Waals surface area contributed by atoms with Gasteiger partial charge < -0.3 is 15.2 Å². The number of amides is 1. The van der Waals surface area contributed by atoms with Crippen LogP contribution in [0.5, 0.6) is 5.75 Å². The number of nitrogens with zero attached hydrogens (tertiary/aromatic N) is 2. The summed E-state index contributed by atoms with van der Waals surface area (Å²) < 4.78 is 5.04. The van der Waals surface area contributed by atoms with Crippen molar-refractivity contribution in [3.63, 3.8) is 0 Å². The number of methoxy groups -OCH3 is 1. The Morgan fingerprint density at radius 1 is 1.48 bits per heavy atom. The number of carbonyl (C=O) groups excluding carboxylic acids is 1. The van der Waals surface area contributed by atoms with Gasteiger partial charge in [-0.2, -0.15) is 5.10 Å². The van der Waals surface area contributed by atoms with E-state index in [4.69, 9.17) is 9.84 Å². The van der Waals surface area contributed by atoms with Crippen LogP contribution in [0, 0.1) is 0 Å². The minimum atomic E-state index is -1.02. The van der Waals surface area contributed by atoms with Gasteiger partial charge in [-0.05, 0) is 29.8 Å². The third-order valence-electron chi connectivity index (χ3n) is 2.61. The number of ether oxygens (including phenoxy) is 1. The lowest BCUT2D eigenvalue weighted by Crippen LogP contribution is -2.26. The number of benzene rings is 1. The van der Waals surface area contributed by atoms with Gasteiger partial charge in [0.2, 0.25) is 5.91 Å². The van der Waals surface area contributed by atoms with Crippen LogP contribution in [0.3, 0.4) is 0 Å². The van der Waals surface area contributed by atoms with Gasteiger partial charge in [0.15, 0.2) is 5.17 Å².